The SMILES string of the molecule is CCCCCCCCCCCC/C=C/CCCCCC(=O)NCCCC[C@@H](C(=O)O)N(C)C. The molecule has 194 valence electrons. The van der Waals surface area contributed by atoms with E-state index in [-0.39, 0.29) is 5.91 Å². The summed E-state index contributed by atoms with van der Waals surface area (Å²) in [6.45, 7) is 2.91. The lowest BCUT2D eigenvalue weighted by atomic mass is 10.1. The van der Waals surface area contributed by atoms with Crippen LogP contribution < -0.4 is 5.32 Å². The summed E-state index contributed by atoms with van der Waals surface area (Å²) in [6, 6.07) is -0.440. The van der Waals surface area contributed by atoms with Crippen LogP contribution >= 0.6 is 0 Å². The number of carboxylic acid groups (broad SMARTS) is 1. The number of carbonyl (C=O) groups is 2. The molecule has 0 saturated heterocycles. The van der Waals surface area contributed by atoms with Gasteiger partial charge >= 0.3 is 5.97 Å². The van der Waals surface area contributed by atoms with Crippen molar-refractivity contribution in [2.45, 2.75) is 135 Å². The molecule has 5 nitrogen and oxygen atoms in total. The monoisotopic (exact) mass is 466 g/mol. The molecule has 0 saturated carbocycles. The smallest absolute Gasteiger partial charge is 0.320 e. The molecule has 5 heteroatoms. The third-order valence-electron chi connectivity index (χ3n) is 6.30. The van der Waals surface area contributed by atoms with Crippen LogP contribution in [0.1, 0.15) is 129 Å². The maximum Gasteiger partial charge on any atom is 0.320 e. The molecule has 0 aromatic carbocycles. The average Bonchev–Trinajstić information content (AvgIpc) is 2.77. The third-order valence-corrected chi connectivity index (χ3v) is 6.30. The molecule has 2 N–H and O–H groups in total. The topological polar surface area (TPSA) is 69.6 Å². The van der Waals surface area contributed by atoms with E-state index in [0.717, 1.165) is 38.5 Å². The number of aliphatic carboxylic acids is 1. The van der Waals surface area contributed by atoms with E-state index in [9.17, 15) is 9.59 Å². The van der Waals surface area contributed by atoms with Gasteiger partial charge in [-0.1, -0.05) is 83.3 Å². The van der Waals surface area contributed by atoms with E-state index in [0.29, 0.717) is 19.4 Å². The maximum atomic E-state index is 11.9. The first-order valence-electron chi connectivity index (χ1n) is 13.8. The van der Waals surface area contributed by atoms with Crippen molar-refractivity contribution in [3.05, 3.63) is 12.2 Å². The Balaban J connectivity index is 3.38. The number of nitrogens with zero attached hydrogens (tertiary/aromatic N) is 1. The van der Waals surface area contributed by atoms with Crippen molar-refractivity contribution in [1.82, 2.24) is 10.2 Å². The number of unbranched alkanes of at least 4 members (excludes halogenated alkanes) is 14. The lowest BCUT2D eigenvalue weighted by Crippen LogP contribution is -2.35. The van der Waals surface area contributed by atoms with Crippen molar-refractivity contribution in [3.8, 4) is 0 Å². The predicted molar refractivity (Wildman–Crippen MR) is 141 cm³/mol. The highest BCUT2D eigenvalue weighted by Crippen LogP contribution is 2.12. The van der Waals surface area contributed by atoms with Crippen LogP contribution in [-0.4, -0.2) is 48.6 Å². The van der Waals surface area contributed by atoms with Crippen molar-refractivity contribution in [2.24, 2.45) is 0 Å². The van der Waals surface area contributed by atoms with Gasteiger partial charge in [0.1, 0.15) is 6.04 Å². The summed E-state index contributed by atoms with van der Waals surface area (Å²) in [5.74, 6) is -0.661. The van der Waals surface area contributed by atoms with Crippen molar-refractivity contribution in [2.75, 3.05) is 20.6 Å². The van der Waals surface area contributed by atoms with Gasteiger partial charge in [-0.05, 0) is 65.5 Å². The lowest BCUT2D eigenvalue weighted by Gasteiger charge is -2.19. The second-order valence-corrected chi connectivity index (χ2v) is 9.70. The molecule has 0 unspecified atom stereocenters. The minimum atomic E-state index is -0.780. The number of amides is 1. The van der Waals surface area contributed by atoms with Gasteiger partial charge in [-0.2, -0.15) is 0 Å². The van der Waals surface area contributed by atoms with Crippen molar-refractivity contribution < 1.29 is 14.7 Å². The van der Waals surface area contributed by atoms with Crippen LogP contribution in [0.5, 0.6) is 0 Å². The Morgan fingerprint density at radius 3 is 1.79 bits per heavy atom. The fourth-order valence-electron chi connectivity index (χ4n) is 4.09. The highest BCUT2D eigenvalue weighted by atomic mass is 16.4. The Morgan fingerprint density at radius 1 is 0.758 bits per heavy atom. The van der Waals surface area contributed by atoms with Gasteiger partial charge in [-0.3, -0.25) is 14.5 Å². The van der Waals surface area contributed by atoms with Gasteiger partial charge in [-0.25, -0.2) is 0 Å². The number of rotatable bonds is 24. The molecule has 0 spiro atoms. The summed E-state index contributed by atoms with van der Waals surface area (Å²) in [5.41, 5.74) is 0. The van der Waals surface area contributed by atoms with Gasteiger partial charge in [0.25, 0.3) is 0 Å². The molecular formula is C28H54N2O3. The number of hydrogen-bond acceptors (Lipinski definition) is 3. The van der Waals surface area contributed by atoms with E-state index < -0.39 is 12.0 Å². The quantitative estimate of drug-likeness (QED) is 0.117. The van der Waals surface area contributed by atoms with E-state index in [1.807, 2.05) is 0 Å². The van der Waals surface area contributed by atoms with Gasteiger partial charge in [0, 0.05) is 13.0 Å². The molecule has 0 aromatic rings. The van der Waals surface area contributed by atoms with Gasteiger partial charge in [0.05, 0.1) is 0 Å². The fraction of sp³-hybridized carbons (Fsp3) is 0.857. The zero-order valence-electron chi connectivity index (χ0n) is 22.1. The first kappa shape index (κ1) is 31.6. The molecule has 0 aliphatic rings. The van der Waals surface area contributed by atoms with Crippen molar-refractivity contribution in [1.29, 1.82) is 0 Å². The molecule has 0 aliphatic heterocycles. The van der Waals surface area contributed by atoms with E-state index in [2.05, 4.69) is 24.4 Å². The molecule has 0 bridgehead atoms. The van der Waals surface area contributed by atoms with Gasteiger partial charge in [0.2, 0.25) is 5.91 Å². The number of hydrogen-bond donors (Lipinski definition) is 2. The molecule has 0 radical (unpaired) electrons. The van der Waals surface area contributed by atoms with Crippen LogP contribution in [0.15, 0.2) is 12.2 Å². The lowest BCUT2D eigenvalue weighted by molar-refractivity contribution is -0.142. The van der Waals surface area contributed by atoms with Crippen LogP contribution in [-0.2, 0) is 9.59 Å². The normalized spacial score (nSPS) is 12.5. The molecule has 33 heavy (non-hydrogen) atoms. The van der Waals surface area contributed by atoms with Crippen molar-refractivity contribution >= 4 is 11.9 Å². The molecule has 0 heterocycles. The van der Waals surface area contributed by atoms with E-state index in [1.54, 1.807) is 19.0 Å². The molecule has 0 aromatic heterocycles. The maximum absolute atomic E-state index is 11.9. The number of likely N-dealkylation sites (N-methyl/N-ethyl adjacent to an activating group) is 1. The summed E-state index contributed by atoms with van der Waals surface area (Å²) < 4.78 is 0. The van der Waals surface area contributed by atoms with Gasteiger partial charge in [0.15, 0.2) is 0 Å². The number of carbonyl (C=O) groups excluding carboxylic acids is 1. The molecule has 1 atom stereocenters. The van der Waals surface area contributed by atoms with E-state index >= 15 is 0 Å². The Hall–Kier alpha value is -1.36. The summed E-state index contributed by atoms with van der Waals surface area (Å²) in [4.78, 5) is 24.8. The highest BCUT2D eigenvalue weighted by molar-refractivity contribution is 5.75. The minimum Gasteiger partial charge on any atom is -0.480 e. The molecule has 0 fully saturated rings. The van der Waals surface area contributed by atoms with Gasteiger partial charge < -0.3 is 10.4 Å². The second kappa shape index (κ2) is 23.8. The minimum absolute atomic E-state index is 0.119. The first-order valence-corrected chi connectivity index (χ1v) is 13.8. The molecular weight excluding hydrogens is 412 g/mol. The number of carboxylic acids is 1. The van der Waals surface area contributed by atoms with Crippen LogP contribution in [0, 0.1) is 0 Å². The Bertz CT molecular complexity index is 492. The first-order chi connectivity index (χ1) is 16.0. The summed E-state index contributed by atoms with van der Waals surface area (Å²) >= 11 is 0. The highest BCUT2D eigenvalue weighted by Gasteiger charge is 2.18. The molecule has 1 amide bonds. The van der Waals surface area contributed by atoms with Gasteiger partial charge in [-0.15, -0.1) is 0 Å². The summed E-state index contributed by atoms with van der Waals surface area (Å²) in [6.07, 6.45) is 26.9. The van der Waals surface area contributed by atoms with Crippen LogP contribution in [0.3, 0.4) is 0 Å². The zero-order chi connectivity index (χ0) is 24.6. The Labute approximate surface area is 204 Å². The standard InChI is InChI=1S/C28H54N2O3/c1-4-5-6-7-8-9-10-11-12-13-14-15-16-17-18-19-20-24-27(31)29-25-22-21-23-26(28(32)33)30(2)3/h15-16,26H,4-14,17-25H2,1-3H3,(H,29,31)(H,32,33)/b16-15+/t26-/m0/s1. The fourth-order valence-corrected chi connectivity index (χ4v) is 4.09. The zero-order valence-corrected chi connectivity index (χ0v) is 22.1. The Morgan fingerprint density at radius 2 is 1.27 bits per heavy atom. The van der Waals surface area contributed by atoms with Crippen LogP contribution in [0.2, 0.25) is 0 Å². The number of allylic oxidation sites excluding steroid dienone is 2. The van der Waals surface area contributed by atoms with Crippen LogP contribution in [0.4, 0.5) is 0 Å². The summed E-state index contributed by atoms with van der Waals surface area (Å²) in [7, 11) is 3.57. The predicted octanol–water partition coefficient (Wildman–Crippen LogP) is 7.11. The largest absolute Gasteiger partial charge is 0.480 e. The van der Waals surface area contributed by atoms with Crippen molar-refractivity contribution in [3.63, 3.8) is 0 Å². The molecule has 0 rings (SSSR count). The second-order valence-electron chi connectivity index (χ2n) is 9.70. The molecule has 0 aliphatic carbocycles. The number of nitrogens with one attached hydrogen (secondary N) is 1. The third kappa shape index (κ3) is 22.2. The summed E-state index contributed by atoms with van der Waals surface area (Å²) in [5, 5.41) is 12.1. The van der Waals surface area contributed by atoms with E-state index in [4.69, 9.17) is 5.11 Å². The average molecular weight is 467 g/mol. The van der Waals surface area contributed by atoms with E-state index in [1.165, 1.54) is 70.6 Å². The Kier molecular flexibility index (Phi) is 22.8. The van der Waals surface area contributed by atoms with Crippen LogP contribution in [0.25, 0.3) is 0 Å².